The summed E-state index contributed by atoms with van der Waals surface area (Å²) in [5.74, 6) is 0.263. The highest BCUT2D eigenvalue weighted by molar-refractivity contribution is 7.51. The van der Waals surface area contributed by atoms with Crippen molar-refractivity contribution in [2.24, 2.45) is 5.92 Å². The molecule has 0 aliphatic carbocycles. The third-order valence-corrected chi connectivity index (χ3v) is 3.41. The molecule has 0 saturated carbocycles. The summed E-state index contributed by atoms with van der Waals surface area (Å²) in [6.07, 6.45) is 10.9. The van der Waals surface area contributed by atoms with Gasteiger partial charge < -0.3 is 9.79 Å². The van der Waals surface area contributed by atoms with Gasteiger partial charge in [0.05, 0.1) is 6.16 Å². The van der Waals surface area contributed by atoms with E-state index >= 15 is 0 Å². The lowest BCUT2D eigenvalue weighted by molar-refractivity contribution is 0.369. The van der Waals surface area contributed by atoms with Crippen LogP contribution in [-0.2, 0) is 4.57 Å². The molecule has 0 saturated heterocycles. The van der Waals surface area contributed by atoms with E-state index in [9.17, 15) is 4.57 Å². The molecule has 96 valence electrons. The average Bonchev–Trinajstić information content (AvgIpc) is 2.19. The highest BCUT2D eigenvalue weighted by Gasteiger charge is 2.13. The minimum absolute atomic E-state index is 0.00561. The quantitative estimate of drug-likeness (QED) is 0.371. The Labute approximate surface area is 99.1 Å². The van der Waals surface area contributed by atoms with E-state index in [1.165, 1.54) is 25.7 Å². The molecule has 4 heteroatoms. The first-order valence-corrected chi connectivity index (χ1v) is 7.96. The largest absolute Gasteiger partial charge is 0.325 e. The Morgan fingerprint density at radius 1 is 1.25 bits per heavy atom. The second-order valence-corrected chi connectivity index (χ2v) is 6.21. The summed E-state index contributed by atoms with van der Waals surface area (Å²) in [6.45, 7) is 4.19. The Hall–Kier alpha value is -0.110. The number of unbranched alkanes of at least 4 members (excludes halogenated alkanes) is 4. The predicted molar refractivity (Wildman–Crippen MR) is 68.6 cm³/mol. The summed E-state index contributed by atoms with van der Waals surface area (Å²) in [6, 6.07) is 0. The molecule has 0 bridgehead atoms. The molecule has 0 radical (unpaired) electrons. The van der Waals surface area contributed by atoms with Crippen molar-refractivity contribution in [1.29, 1.82) is 0 Å². The van der Waals surface area contributed by atoms with Crippen LogP contribution >= 0.6 is 7.60 Å². The molecule has 0 aliphatic rings. The van der Waals surface area contributed by atoms with E-state index in [0.29, 0.717) is 6.42 Å². The van der Waals surface area contributed by atoms with Crippen molar-refractivity contribution in [3.8, 4) is 0 Å². The first kappa shape index (κ1) is 15.9. The molecule has 0 aromatic carbocycles. The molecule has 16 heavy (non-hydrogen) atoms. The zero-order chi connectivity index (χ0) is 12.4. The number of hydrogen-bond donors (Lipinski definition) is 2. The Morgan fingerprint density at radius 2 is 1.94 bits per heavy atom. The molecule has 0 heterocycles. The van der Waals surface area contributed by atoms with Gasteiger partial charge in [-0.3, -0.25) is 4.57 Å². The van der Waals surface area contributed by atoms with Crippen molar-refractivity contribution >= 4 is 7.60 Å². The van der Waals surface area contributed by atoms with Crippen LogP contribution in [0.2, 0.25) is 0 Å². The van der Waals surface area contributed by atoms with Gasteiger partial charge in [-0.2, -0.15) is 0 Å². The predicted octanol–water partition coefficient (Wildman–Crippen LogP) is 3.72. The number of rotatable bonds is 9. The molecule has 0 spiro atoms. The van der Waals surface area contributed by atoms with Crippen molar-refractivity contribution in [2.75, 3.05) is 6.16 Å². The molecule has 1 atom stereocenters. The van der Waals surface area contributed by atoms with Gasteiger partial charge in [0.2, 0.25) is 0 Å². The third-order valence-electron chi connectivity index (χ3n) is 2.56. The van der Waals surface area contributed by atoms with Crippen molar-refractivity contribution in [2.45, 2.75) is 52.4 Å². The molecule has 0 fully saturated rings. The molecular weight excluding hydrogens is 223 g/mol. The Balaban J connectivity index is 3.51. The maximum Gasteiger partial charge on any atom is 0.325 e. The van der Waals surface area contributed by atoms with Gasteiger partial charge >= 0.3 is 7.60 Å². The molecule has 0 rings (SSSR count). The first-order chi connectivity index (χ1) is 7.45. The lowest BCUT2D eigenvalue weighted by Crippen LogP contribution is -1.95. The smallest absolute Gasteiger partial charge is 0.324 e. The van der Waals surface area contributed by atoms with Crippen LogP contribution < -0.4 is 0 Å². The molecule has 0 aromatic rings. The van der Waals surface area contributed by atoms with Gasteiger partial charge in [0.15, 0.2) is 0 Å². The van der Waals surface area contributed by atoms with Crippen molar-refractivity contribution in [3.63, 3.8) is 0 Å². The summed E-state index contributed by atoms with van der Waals surface area (Å²) in [7, 11) is -3.81. The molecule has 0 amide bonds. The van der Waals surface area contributed by atoms with E-state index in [4.69, 9.17) is 9.79 Å². The normalized spacial score (nSPS) is 14.5. The molecule has 0 aliphatic heterocycles. The van der Waals surface area contributed by atoms with Gasteiger partial charge in [-0.1, -0.05) is 45.3 Å². The third kappa shape index (κ3) is 12.0. The molecule has 2 N–H and O–H groups in total. The van der Waals surface area contributed by atoms with Crippen molar-refractivity contribution in [1.82, 2.24) is 0 Å². The molecule has 3 nitrogen and oxygen atoms in total. The monoisotopic (exact) mass is 248 g/mol. The first-order valence-electron chi connectivity index (χ1n) is 6.17. The lowest BCUT2D eigenvalue weighted by Gasteiger charge is -2.07. The average molecular weight is 248 g/mol. The van der Waals surface area contributed by atoms with E-state index in [1.54, 1.807) is 0 Å². The number of hydrogen-bond acceptors (Lipinski definition) is 1. The fraction of sp³-hybridized carbons (Fsp3) is 0.833. The summed E-state index contributed by atoms with van der Waals surface area (Å²) < 4.78 is 10.7. The maximum atomic E-state index is 10.7. The summed E-state index contributed by atoms with van der Waals surface area (Å²) >= 11 is 0. The zero-order valence-electron chi connectivity index (χ0n) is 10.4. The number of allylic oxidation sites excluding steroid dienone is 2. The minimum Gasteiger partial charge on any atom is -0.324 e. The Bertz CT molecular complexity index is 232. The molecular formula is C12H25O3P. The van der Waals surface area contributed by atoms with E-state index < -0.39 is 7.60 Å². The van der Waals surface area contributed by atoms with Crippen LogP contribution in [-0.4, -0.2) is 15.9 Å². The summed E-state index contributed by atoms with van der Waals surface area (Å²) in [5, 5.41) is 0. The molecule has 1 unspecified atom stereocenters. The Morgan fingerprint density at radius 3 is 2.50 bits per heavy atom. The van der Waals surface area contributed by atoms with Crippen LogP contribution in [0.15, 0.2) is 12.2 Å². The minimum atomic E-state index is -3.81. The summed E-state index contributed by atoms with van der Waals surface area (Å²) in [5.41, 5.74) is 0. The second kappa shape index (κ2) is 8.98. The highest BCUT2D eigenvalue weighted by Crippen LogP contribution is 2.36. The van der Waals surface area contributed by atoms with Crippen molar-refractivity contribution < 1.29 is 14.4 Å². The SMILES string of the molecule is CCCCCCC=CC(C)CCP(=O)(O)O. The van der Waals surface area contributed by atoms with Crippen LogP contribution in [0.25, 0.3) is 0 Å². The van der Waals surface area contributed by atoms with Gasteiger partial charge in [-0.25, -0.2) is 0 Å². The van der Waals surface area contributed by atoms with Gasteiger partial charge in [-0.15, -0.1) is 0 Å². The van der Waals surface area contributed by atoms with Crippen molar-refractivity contribution in [3.05, 3.63) is 12.2 Å². The van der Waals surface area contributed by atoms with Crippen LogP contribution in [0, 0.1) is 5.92 Å². The van der Waals surface area contributed by atoms with Crippen LogP contribution in [0.4, 0.5) is 0 Å². The fourth-order valence-corrected chi connectivity index (χ4v) is 2.23. The van der Waals surface area contributed by atoms with Gasteiger partial charge in [0.1, 0.15) is 0 Å². The fourth-order valence-electron chi connectivity index (χ4n) is 1.49. The van der Waals surface area contributed by atoms with Gasteiger partial charge in [0.25, 0.3) is 0 Å². The van der Waals surface area contributed by atoms with E-state index in [1.807, 2.05) is 6.92 Å². The van der Waals surface area contributed by atoms with Crippen LogP contribution in [0.5, 0.6) is 0 Å². The topological polar surface area (TPSA) is 57.5 Å². The van der Waals surface area contributed by atoms with Gasteiger partial charge in [-0.05, 0) is 25.2 Å². The van der Waals surface area contributed by atoms with Crippen LogP contribution in [0.1, 0.15) is 52.4 Å². The standard InChI is InChI=1S/C12H25O3P/c1-3-4-5-6-7-8-9-12(2)10-11-16(13,14)15/h8-9,12H,3-7,10-11H2,1-2H3,(H2,13,14,15). The van der Waals surface area contributed by atoms with Crippen LogP contribution in [0.3, 0.4) is 0 Å². The maximum absolute atomic E-state index is 10.7. The zero-order valence-corrected chi connectivity index (χ0v) is 11.3. The second-order valence-electron chi connectivity index (χ2n) is 4.43. The highest BCUT2D eigenvalue weighted by atomic mass is 31.2. The summed E-state index contributed by atoms with van der Waals surface area (Å²) in [4.78, 5) is 17.4. The Kier molecular flexibility index (Phi) is 8.91. The lowest BCUT2D eigenvalue weighted by atomic mass is 10.1. The van der Waals surface area contributed by atoms with Gasteiger partial charge in [0, 0.05) is 0 Å². The molecule has 0 aromatic heterocycles. The van der Waals surface area contributed by atoms with E-state index in [2.05, 4.69) is 19.1 Å². The van der Waals surface area contributed by atoms with E-state index in [0.717, 1.165) is 6.42 Å². The van der Waals surface area contributed by atoms with E-state index in [-0.39, 0.29) is 12.1 Å².